The van der Waals surface area contributed by atoms with Crippen LogP contribution in [0.1, 0.15) is 101 Å². The molecule has 2 N–H and O–H groups in total. The van der Waals surface area contributed by atoms with E-state index in [1.807, 2.05) is 13.8 Å². The van der Waals surface area contributed by atoms with E-state index in [0.717, 1.165) is 25.7 Å². The zero-order chi connectivity index (χ0) is 28.6. The first-order chi connectivity index (χ1) is 17.2. The molecule has 3 atom stereocenters. The van der Waals surface area contributed by atoms with Crippen LogP contribution in [-0.4, -0.2) is 46.1 Å². The SMILES string of the molecule is CCC(C)[C@H](CC(=O)OC(C)(C)C)C(=O)N[C@@H](CSC/C=C(\C)CC/C=C(\C)CCC=C(C)C)C(=O)O. The molecule has 0 saturated carbocycles. The summed E-state index contributed by atoms with van der Waals surface area (Å²) < 4.78 is 5.38. The zero-order valence-electron chi connectivity index (χ0n) is 24.6. The van der Waals surface area contributed by atoms with Crippen molar-refractivity contribution >= 4 is 29.6 Å². The number of carbonyl (C=O) groups excluding carboxylic acids is 2. The van der Waals surface area contributed by atoms with Gasteiger partial charge < -0.3 is 15.2 Å². The fourth-order valence-electron chi connectivity index (χ4n) is 3.58. The van der Waals surface area contributed by atoms with Crippen LogP contribution in [0.2, 0.25) is 0 Å². The number of thioether (sulfide) groups is 1. The number of allylic oxidation sites excluding steroid dienone is 5. The fourth-order valence-corrected chi connectivity index (χ4v) is 4.58. The summed E-state index contributed by atoms with van der Waals surface area (Å²) in [6.07, 6.45) is 11.4. The number of hydrogen-bond donors (Lipinski definition) is 2. The molecule has 0 radical (unpaired) electrons. The van der Waals surface area contributed by atoms with Gasteiger partial charge in [-0.05, 0) is 80.1 Å². The Balaban J connectivity index is 4.79. The van der Waals surface area contributed by atoms with E-state index in [1.54, 1.807) is 20.8 Å². The number of carboxylic acids is 1. The maximum Gasteiger partial charge on any atom is 0.327 e. The van der Waals surface area contributed by atoms with Gasteiger partial charge in [0.15, 0.2) is 0 Å². The van der Waals surface area contributed by atoms with E-state index in [9.17, 15) is 19.5 Å². The Kier molecular flexibility index (Phi) is 17.3. The third-order valence-corrected chi connectivity index (χ3v) is 7.02. The molecule has 0 aliphatic heterocycles. The highest BCUT2D eigenvalue weighted by Gasteiger charge is 2.31. The van der Waals surface area contributed by atoms with Crippen molar-refractivity contribution in [3.63, 3.8) is 0 Å². The lowest BCUT2D eigenvalue weighted by Gasteiger charge is -2.26. The van der Waals surface area contributed by atoms with Crippen molar-refractivity contribution in [1.82, 2.24) is 5.32 Å². The Bertz CT molecular complexity index is 818. The van der Waals surface area contributed by atoms with Crippen LogP contribution in [0.25, 0.3) is 0 Å². The van der Waals surface area contributed by atoms with Gasteiger partial charge in [0.2, 0.25) is 5.91 Å². The van der Waals surface area contributed by atoms with Crippen molar-refractivity contribution < 1.29 is 24.2 Å². The van der Waals surface area contributed by atoms with Gasteiger partial charge in [0, 0.05) is 11.5 Å². The highest BCUT2D eigenvalue weighted by atomic mass is 32.2. The summed E-state index contributed by atoms with van der Waals surface area (Å²) in [5.74, 6) is -1.71. The summed E-state index contributed by atoms with van der Waals surface area (Å²) in [6, 6.07) is -1.01. The van der Waals surface area contributed by atoms with Gasteiger partial charge in [0.1, 0.15) is 11.6 Å². The summed E-state index contributed by atoms with van der Waals surface area (Å²) in [4.78, 5) is 37.1. The Morgan fingerprint density at radius 3 is 2.05 bits per heavy atom. The molecule has 0 spiro atoms. The minimum atomic E-state index is -1.07. The number of nitrogens with one attached hydrogen (secondary N) is 1. The summed E-state index contributed by atoms with van der Waals surface area (Å²) in [7, 11) is 0. The van der Waals surface area contributed by atoms with E-state index < -0.39 is 35.4 Å². The first kappa shape index (κ1) is 35.0. The summed E-state index contributed by atoms with van der Waals surface area (Å²) in [5.41, 5.74) is 3.39. The van der Waals surface area contributed by atoms with E-state index in [0.29, 0.717) is 12.2 Å². The predicted molar refractivity (Wildman–Crippen MR) is 156 cm³/mol. The van der Waals surface area contributed by atoms with Crippen LogP contribution in [-0.2, 0) is 19.1 Å². The van der Waals surface area contributed by atoms with Crippen molar-refractivity contribution in [3.05, 3.63) is 34.9 Å². The quantitative estimate of drug-likeness (QED) is 0.117. The maximum atomic E-state index is 13.0. The van der Waals surface area contributed by atoms with E-state index in [2.05, 4.69) is 51.2 Å². The van der Waals surface area contributed by atoms with Crippen LogP contribution < -0.4 is 5.32 Å². The highest BCUT2D eigenvalue weighted by Crippen LogP contribution is 2.22. The molecule has 0 rings (SSSR count). The first-order valence-corrected chi connectivity index (χ1v) is 14.6. The van der Waals surface area contributed by atoms with Crippen LogP contribution in [0, 0.1) is 11.8 Å². The Labute approximate surface area is 229 Å². The van der Waals surface area contributed by atoms with E-state index in [-0.39, 0.29) is 18.1 Å². The van der Waals surface area contributed by atoms with Crippen LogP contribution in [0.15, 0.2) is 34.9 Å². The molecule has 0 aliphatic carbocycles. The minimum Gasteiger partial charge on any atom is -0.480 e. The molecular formula is C30H51NO5S. The molecule has 1 unspecified atom stereocenters. The molecule has 0 fully saturated rings. The highest BCUT2D eigenvalue weighted by molar-refractivity contribution is 7.99. The molecule has 212 valence electrons. The maximum absolute atomic E-state index is 13.0. The van der Waals surface area contributed by atoms with Crippen LogP contribution in [0.3, 0.4) is 0 Å². The second-order valence-corrected chi connectivity index (χ2v) is 12.3. The minimum absolute atomic E-state index is 0.0671. The van der Waals surface area contributed by atoms with E-state index >= 15 is 0 Å². The fraction of sp³-hybridized carbons (Fsp3) is 0.700. The van der Waals surface area contributed by atoms with Gasteiger partial charge >= 0.3 is 11.9 Å². The van der Waals surface area contributed by atoms with Crippen LogP contribution in [0.5, 0.6) is 0 Å². The lowest BCUT2D eigenvalue weighted by Crippen LogP contribution is -2.47. The molecule has 0 aliphatic rings. The summed E-state index contributed by atoms with van der Waals surface area (Å²) in [6.45, 7) is 17.7. The number of carbonyl (C=O) groups is 3. The number of carboxylic acid groups (broad SMARTS) is 1. The molecule has 37 heavy (non-hydrogen) atoms. The monoisotopic (exact) mass is 537 g/mol. The molecular weight excluding hydrogens is 486 g/mol. The van der Waals surface area contributed by atoms with Gasteiger partial charge in [-0.2, -0.15) is 11.8 Å². The predicted octanol–water partition coefficient (Wildman–Crippen LogP) is 7.10. The van der Waals surface area contributed by atoms with Crippen molar-refractivity contribution in [2.45, 2.75) is 112 Å². The topological polar surface area (TPSA) is 92.7 Å². The molecule has 0 aromatic carbocycles. The normalized spacial score (nSPS) is 14.9. The van der Waals surface area contributed by atoms with Gasteiger partial charge in [-0.15, -0.1) is 0 Å². The average molecular weight is 538 g/mol. The number of amides is 1. The number of hydrogen-bond acceptors (Lipinski definition) is 5. The number of ether oxygens (including phenoxy) is 1. The Morgan fingerprint density at radius 2 is 1.54 bits per heavy atom. The lowest BCUT2D eigenvalue weighted by molar-refractivity contribution is -0.158. The van der Waals surface area contributed by atoms with Gasteiger partial charge in [-0.1, -0.05) is 55.2 Å². The second-order valence-electron chi connectivity index (χ2n) is 11.2. The third-order valence-electron chi connectivity index (χ3n) is 6.05. The summed E-state index contributed by atoms with van der Waals surface area (Å²) in [5, 5.41) is 12.3. The van der Waals surface area contributed by atoms with Crippen molar-refractivity contribution in [2.24, 2.45) is 11.8 Å². The van der Waals surface area contributed by atoms with Crippen molar-refractivity contribution in [1.29, 1.82) is 0 Å². The van der Waals surface area contributed by atoms with Crippen LogP contribution >= 0.6 is 11.8 Å². The number of esters is 1. The van der Waals surface area contributed by atoms with Crippen molar-refractivity contribution in [2.75, 3.05) is 11.5 Å². The molecule has 6 nitrogen and oxygen atoms in total. The average Bonchev–Trinajstić information content (AvgIpc) is 2.77. The van der Waals surface area contributed by atoms with Gasteiger partial charge in [0.25, 0.3) is 0 Å². The van der Waals surface area contributed by atoms with Crippen molar-refractivity contribution in [3.8, 4) is 0 Å². The Morgan fingerprint density at radius 1 is 0.973 bits per heavy atom. The largest absolute Gasteiger partial charge is 0.480 e. The lowest BCUT2D eigenvalue weighted by atomic mass is 9.88. The van der Waals surface area contributed by atoms with E-state index in [1.165, 1.54) is 28.5 Å². The molecule has 0 heterocycles. The molecule has 0 bridgehead atoms. The number of aliphatic carboxylic acids is 1. The van der Waals surface area contributed by atoms with Gasteiger partial charge in [-0.25, -0.2) is 4.79 Å². The molecule has 1 amide bonds. The van der Waals surface area contributed by atoms with Gasteiger partial charge in [0.05, 0.1) is 12.3 Å². The third kappa shape index (κ3) is 18.0. The second kappa shape index (κ2) is 18.3. The number of rotatable bonds is 17. The van der Waals surface area contributed by atoms with E-state index in [4.69, 9.17) is 4.74 Å². The van der Waals surface area contributed by atoms with Gasteiger partial charge in [-0.3, -0.25) is 9.59 Å². The smallest absolute Gasteiger partial charge is 0.327 e. The Hall–Kier alpha value is -2.02. The standard InChI is InChI=1S/C30H51NO5S/c1-10-24(6)25(19-27(32)36-30(7,8)9)28(33)31-26(29(34)35)20-37-18-17-23(5)16-12-15-22(4)14-11-13-21(2)3/h13,15,17,24-26H,10-12,14,16,18-20H2,1-9H3,(H,31,33)(H,34,35)/b22-15+,23-17+/t24?,25-,26-/m0/s1. The van der Waals surface area contributed by atoms with Crippen LogP contribution in [0.4, 0.5) is 0 Å². The first-order valence-electron chi connectivity index (χ1n) is 13.4. The zero-order valence-corrected chi connectivity index (χ0v) is 25.4. The molecule has 0 saturated heterocycles. The summed E-state index contributed by atoms with van der Waals surface area (Å²) >= 11 is 1.48. The molecule has 7 heteroatoms. The molecule has 0 aromatic rings. The molecule has 0 aromatic heterocycles.